The van der Waals surface area contributed by atoms with Crippen molar-refractivity contribution < 1.29 is 4.79 Å². The van der Waals surface area contributed by atoms with Gasteiger partial charge in [0.2, 0.25) is 0 Å². The maximum atomic E-state index is 13.6. The SMILES string of the molecule is O=C1C(=Cc2cccc(Br)c2)CN(Cc2cn(CCNc3ccnc4cc(Cl)ccc34)nn2)CC1=Cc1cccc(Br)c1. The Labute approximate surface area is 271 Å². The van der Waals surface area contributed by atoms with Gasteiger partial charge in [-0.05, 0) is 71.8 Å². The van der Waals surface area contributed by atoms with Crippen LogP contribution < -0.4 is 5.32 Å². The van der Waals surface area contributed by atoms with E-state index in [9.17, 15) is 4.79 Å². The predicted octanol–water partition coefficient (Wildman–Crippen LogP) is 7.67. The lowest BCUT2D eigenvalue weighted by atomic mass is 9.94. The van der Waals surface area contributed by atoms with Crippen molar-refractivity contribution >= 4 is 78.0 Å². The summed E-state index contributed by atoms with van der Waals surface area (Å²) in [5.41, 5.74) is 6.13. The summed E-state index contributed by atoms with van der Waals surface area (Å²) in [7, 11) is 0. The van der Waals surface area contributed by atoms with Crippen LogP contribution in [-0.2, 0) is 17.9 Å². The molecule has 7 nitrogen and oxygen atoms in total. The normalized spacial score (nSPS) is 15.9. The number of nitrogens with one attached hydrogen (secondary N) is 1. The van der Waals surface area contributed by atoms with Crippen molar-refractivity contribution in [3.05, 3.63) is 127 Å². The van der Waals surface area contributed by atoms with Gasteiger partial charge in [-0.3, -0.25) is 19.4 Å². The number of anilines is 1. The van der Waals surface area contributed by atoms with Crippen LogP contribution in [0.25, 0.3) is 23.1 Å². The molecular formula is C33H27Br2ClN6O. The molecule has 3 heterocycles. The Balaban J connectivity index is 1.16. The number of benzene rings is 3. The zero-order valence-corrected chi connectivity index (χ0v) is 27.0. The first-order valence-electron chi connectivity index (χ1n) is 13.8. The zero-order chi connectivity index (χ0) is 29.8. The van der Waals surface area contributed by atoms with Gasteiger partial charge in [0.1, 0.15) is 0 Å². The van der Waals surface area contributed by atoms with Crippen LogP contribution in [0.5, 0.6) is 0 Å². The van der Waals surface area contributed by atoms with E-state index >= 15 is 0 Å². The largest absolute Gasteiger partial charge is 0.383 e. The summed E-state index contributed by atoms with van der Waals surface area (Å²) in [4.78, 5) is 20.2. The minimum absolute atomic E-state index is 0.0665. The number of nitrogens with zero attached hydrogens (tertiary/aromatic N) is 5. The summed E-state index contributed by atoms with van der Waals surface area (Å²) in [5.74, 6) is 0.0665. The highest BCUT2D eigenvalue weighted by atomic mass is 79.9. The van der Waals surface area contributed by atoms with Gasteiger partial charge < -0.3 is 5.32 Å². The fraction of sp³-hybridized carbons (Fsp3) is 0.152. The molecule has 216 valence electrons. The fourth-order valence-electron chi connectivity index (χ4n) is 5.15. The summed E-state index contributed by atoms with van der Waals surface area (Å²) >= 11 is 13.2. The van der Waals surface area contributed by atoms with E-state index in [1.165, 1.54) is 0 Å². The standard InChI is InChI=1S/C33H27Br2ClN6O/c34-26-5-1-3-22(15-26)13-24-18-41(19-25(33(24)43)14-23-4-2-6-27(35)16-23)20-29-21-42(40-39-29)12-11-38-31-9-10-37-32-17-28(36)7-8-30(31)32/h1-10,13-17,21H,11-12,18-20H2,(H,37,38). The van der Waals surface area contributed by atoms with Crippen molar-refractivity contribution in [2.24, 2.45) is 0 Å². The Hall–Kier alpha value is -3.63. The molecule has 1 saturated heterocycles. The molecule has 0 radical (unpaired) electrons. The van der Waals surface area contributed by atoms with Crippen LogP contribution in [0.1, 0.15) is 16.8 Å². The monoisotopic (exact) mass is 716 g/mol. The molecule has 0 aliphatic carbocycles. The molecule has 1 N–H and O–H groups in total. The molecule has 3 aromatic carbocycles. The van der Waals surface area contributed by atoms with Gasteiger partial charge >= 0.3 is 0 Å². The maximum Gasteiger partial charge on any atom is 0.187 e. The van der Waals surface area contributed by atoms with E-state index in [4.69, 9.17) is 11.6 Å². The van der Waals surface area contributed by atoms with Crippen LogP contribution in [0.15, 0.2) is 105 Å². The Morgan fingerprint density at radius 1 is 0.907 bits per heavy atom. The number of hydrogen-bond acceptors (Lipinski definition) is 6. The highest BCUT2D eigenvalue weighted by Crippen LogP contribution is 2.26. The van der Waals surface area contributed by atoms with Crippen molar-refractivity contribution in [3.8, 4) is 0 Å². The Bertz CT molecular complexity index is 1800. The molecule has 5 aromatic rings. The lowest BCUT2D eigenvalue weighted by Crippen LogP contribution is -2.37. The molecule has 1 aliphatic heterocycles. The van der Waals surface area contributed by atoms with E-state index < -0.39 is 0 Å². The second-order valence-corrected chi connectivity index (χ2v) is 12.6. The van der Waals surface area contributed by atoms with Crippen LogP contribution in [0, 0.1) is 0 Å². The molecule has 0 bridgehead atoms. The van der Waals surface area contributed by atoms with Crippen molar-refractivity contribution in [2.45, 2.75) is 13.1 Å². The molecular weight excluding hydrogens is 692 g/mol. The Kier molecular flexibility index (Phi) is 9.14. The number of likely N-dealkylation sites (tertiary alicyclic amines) is 1. The number of rotatable bonds is 8. The van der Waals surface area contributed by atoms with Crippen LogP contribution >= 0.6 is 43.5 Å². The molecule has 10 heteroatoms. The van der Waals surface area contributed by atoms with E-state index in [2.05, 4.69) is 57.4 Å². The van der Waals surface area contributed by atoms with Gasteiger partial charge in [-0.15, -0.1) is 5.10 Å². The van der Waals surface area contributed by atoms with Gasteiger partial charge in [0.15, 0.2) is 5.78 Å². The van der Waals surface area contributed by atoms with Gasteiger partial charge in [0.25, 0.3) is 0 Å². The number of Topliss-reactive ketones (excluding diaryl/α,β-unsaturated/α-hetero) is 1. The highest BCUT2D eigenvalue weighted by Gasteiger charge is 2.27. The van der Waals surface area contributed by atoms with E-state index in [1.807, 2.05) is 95.8 Å². The molecule has 0 unspecified atom stereocenters. The van der Waals surface area contributed by atoms with Crippen LogP contribution in [0.2, 0.25) is 5.02 Å². The second-order valence-electron chi connectivity index (χ2n) is 10.3. The molecule has 0 saturated carbocycles. The first-order chi connectivity index (χ1) is 20.9. The number of carbonyl (C=O) groups excluding carboxylic acids is 1. The van der Waals surface area contributed by atoms with Gasteiger partial charge in [-0.2, -0.15) is 0 Å². The molecule has 0 atom stereocenters. The predicted molar refractivity (Wildman–Crippen MR) is 180 cm³/mol. The molecule has 6 rings (SSSR count). The number of aromatic nitrogens is 4. The average molecular weight is 719 g/mol. The smallest absolute Gasteiger partial charge is 0.187 e. The molecule has 2 aromatic heterocycles. The number of ketones is 1. The second kappa shape index (κ2) is 13.3. The van der Waals surface area contributed by atoms with E-state index in [0.717, 1.165) is 53.5 Å². The lowest BCUT2D eigenvalue weighted by Gasteiger charge is -2.29. The number of halogens is 3. The fourth-order valence-corrected chi connectivity index (χ4v) is 6.15. The third-order valence-electron chi connectivity index (χ3n) is 7.08. The highest BCUT2D eigenvalue weighted by molar-refractivity contribution is 9.10. The molecule has 43 heavy (non-hydrogen) atoms. The molecule has 1 aliphatic rings. The lowest BCUT2D eigenvalue weighted by molar-refractivity contribution is -0.113. The van der Waals surface area contributed by atoms with Gasteiger partial charge in [-0.25, -0.2) is 0 Å². The summed E-state index contributed by atoms with van der Waals surface area (Å²) in [6.45, 7) is 2.93. The van der Waals surface area contributed by atoms with Gasteiger partial charge in [-0.1, -0.05) is 72.9 Å². The molecule has 0 amide bonds. The minimum Gasteiger partial charge on any atom is -0.383 e. The van der Waals surface area contributed by atoms with E-state index in [1.54, 1.807) is 6.20 Å². The van der Waals surface area contributed by atoms with Crippen molar-refractivity contribution in [1.29, 1.82) is 0 Å². The Morgan fingerprint density at radius 3 is 2.28 bits per heavy atom. The van der Waals surface area contributed by atoms with Crippen LogP contribution in [0.3, 0.4) is 0 Å². The summed E-state index contributed by atoms with van der Waals surface area (Å²) in [6.07, 6.45) is 7.70. The zero-order valence-electron chi connectivity index (χ0n) is 23.1. The van der Waals surface area contributed by atoms with Crippen molar-refractivity contribution in [2.75, 3.05) is 25.0 Å². The summed E-state index contributed by atoms with van der Waals surface area (Å²) in [5, 5.41) is 14.0. The van der Waals surface area contributed by atoms with Crippen LogP contribution in [-0.4, -0.2) is 50.3 Å². The van der Waals surface area contributed by atoms with Gasteiger partial charge in [0.05, 0.1) is 17.8 Å². The first-order valence-corrected chi connectivity index (χ1v) is 15.7. The van der Waals surface area contributed by atoms with E-state index in [0.29, 0.717) is 37.7 Å². The van der Waals surface area contributed by atoms with Gasteiger partial charge in [0, 0.05) is 74.8 Å². The summed E-state index contributed by atoms with van der Waals surface area (Å²) in [6, 6.07) is 23.6. The number of hydrogen-bond donors (Lipinski definition) is 1. The molecule has 0 spiro atoms. The quantitative estimate of drug-likeness (QED) is 0.166. The maximum absolute atomic E-state index is 13.6. The Morgan fingerprint density at radius 2 is 1.60 bits per heavy atom. The third-order valence-corrected chi connectivity index (χ3v) is 8.30. The number of carbonyl (C=O) groups is 1. The average Bonchev–Trinajstić information content (AvgIpc) is 3.42. The summed E-state index contributed by atoms with van der Waals surface area (Å²) < 4.78 is 3.78. The topological polar surface area (TPSA) is 75.9 Å². The van der Waals surface area contributed by atoms with Crippen molar-refractivity contribution in [1.82, 2.24) is 24.9 Å². The van der Waals surface area contributed by atoms with E-state index in [-0.39, 0.29) is 5.78 Å². The number of fused-ring (bicyclic) bond motifs is 1. The number of piperidine rings is 1. The first kappa shape index (κ1) is 29.4. The number of pyridine rings is 1. The van der Waals surface area contributed by atoms with Crippen molar-refractivity contribution in [3.63, 3.8) is 0 Å². The molecule has 1 fully saturated rings. The third kappa shape index (κ3) is 7.48. The van der Waals surface area contributed by atoms with Crippen LogP contribution in [0.4, 0.5) is 5.69 Å². The minimum atomic E-state index is 0.0665.